The van der Waals surface area contributed by atoms with E-state index in [1.807, 2.05) is 13.0 Å². The van der Waals surface area contributed by atoms with Crippen LogP contribution in [0.25, 0.3) is 0 Å². The van der Waals surface area contributed by atoms with Crippen LogP contribution in [0.4, 0.5) is 0 Å². The lowest BCUT2D eigenvalue weighted by Gasteiger charge is -2.01. The van der Waals surface area contributed by atoms with Gasteiger partial charge in [-0.2, -0.15) is 5.26 Å². The summed E-state index contributed by atoms with van der Waals surface area (Å²) < 4.78 is 5.05. The molecule has 2 heteroatoms. The molecule has 0 unspecified atom stereocenters. The summed E-state index contributed by atoms with van der Waals surface area (Å²) in [5.74, 6) is 0.722. The van der Waals surface area contributed by atoms with Gasteiger partial charge in [0.1, 0.15) is 5.76 Å². The maximum atomic E-state index is 8.34. The van der Waals surface area contributed by atoms with Crippen LogP contribution < -0.4 is 0 Å². The highest BCUT2D eigenvalue weighted by Gasteiger charge is 1.92. The standard InChI is InChI=1S/C7H11NO/c1-4-9-7(3)6(2)5-8/h4H2,1-3H3. The highest BCUT2D eigenvalue weighted by molar-refractivity contribution is 5.20. The Kier molecular flexibility index (Phi) is 3.54. The topological polar surface area (TPSA) is 33.0 Å². The van der Waals surface area contributed by atoms with Crippen molar-refractivity contribution < 1.29 is 4.74 Å². The van der Waals surface area contributed by atoms with Gasteiger partial charge < -0.3 is 4.74 Å². The van der Waals surface area contributed by atoms with E-state index in [4.69, 9.17) is 10.00 Å². The van der Waals surface area contributed by atoms with Gasteiger partial charge in [0.2, 0.25) is 0 Å². The molecule has 0 heterocycles. The quantitative estimate of drug-likeness (QED) is 0.416. The van der Waals surface area contributed by atoms with E-state index in [0.717, 1.165) is 5.76 Å². The number of rotatable bonds is 2. The van der Waals surface area contributed by atoms with E-state index in [1.54, 1.807) is 13.8 Å². The molecule has 0 aliphatic carbocycles. The van der Waals surface area contributed by atoms with E-state index >= 15 is 0 Å². The normalized spacial score (nSPS) is 11.8. The molecule has 0 spiro atoms. The van der Waals surface area contributed by atoms with Crippen LogP contribution in [0.15, 0.2) is 11.3 Å². The van der Waals surface area contributed by atoms with Crippen LogP contribution >= 0.6 is 0 Å². The van der Waals surface area contributed by atoms with Crippen LogP contribution in [0.2, 0.25) is 0 Å². The van der Waals surface area contributed by atoms with Crippen molar-refractivity contribution in [1.82, 2.24) is 0 Å². The Balaban J connectivity index is 3.98. The van der Waals surface area contributed by atoms with Crippen molar-refractivity contribution in [2.24, 2.45) is 0 Å². The summed E-state index contributed by atoms with van der Waals surface area (Å²) in [6, 6.07) is 2.00. The monoisotopic (exact) mass is 125 g/mol. The van der Waals surface area contributed by atoms with Crippen molar-refractivity contribution in [3.63, 3.8) is 0 Å². The second-order valence-electron chi connectivity index (χ2n) is 1.73. The van der Waals surface area contributed by atoms with Gasteiger partial charge in [-0.15, -0.1) is 0 Å². The molecule has 0 aromatic heterocycles. The zero-order chi connectivity index (χ0) is 7.28. The third kappa shape index (κ3) is 2.76. The largest absolute Gasteiger partial charge is 0.498 e. The number of allylic oxidation sites excluding steroid dienone is 2. The zero-order valence-corrected chi connectivity index (χ0v) is 6.06. The van der Waals surface area contributed by atoms with Gasteiger partial charge in [-0.05, 0) is 20.8 Å². The number of nitriles is 1. The molecule has 0 saturated carbocycles. The Bertz CT molecular complexity index is 153. The SMILES string of the molecule is CCOC(C)=C(C)C#N. The van der Waals surface area contributed by atoms with Crippen LogP contribution in [0.1, 0.15) is 20.8 Å². The predicted molar refractivity (Wildman–Crippen MR) is 35.6 cm³/mol. The summed E-state index contributed by atoms with van der Waals surface area (Å²) in [7, 11) is 0. The van der Waals surface area contributed by atoms with Crippen molar-refractivity contribution in [3.05, 3.63) is 11.3 Å². The molecule has 0 N–H and O–H groups in total. The smallest absolute Gasteiger partial charge is 0.106 e. The Labute approximate surface area is 55.7 Å². The lowest BCUT2D eigenvalue weighted by atomic mass is 10.3. The van der Waals surface area contributed by atoms with Gasteiger partial charge in [-0.3, -0.25) is 0 Å². The van der Waals surface area contributed by atoms with E-state index in [-0.39, 0.29) is 0 Å². The third-order valence-electron chi connectivity index (χ3n) is 1.06. The molecule has 0 atom stereocenters. The predicted octanol–water partition coefficient (Wildman–Crippen LogP) is 1.84. The Morgan fingerprint density at radius 2 is 2.11 bits per heavy atom. The lowest BCUT2D eigenvalue weighted by molar-refractivity contribution is 0.229. The van der Waals surface area contributed by atoms with Crippen LogP contribution in [-0.4, -0.2) is 6.61 Å². The van der Waals surface area contributed by atoms with Crippen molar-refractivity contribution >= 4 is 0 Å². The average Bonchev–Trinajstić information content (AvgIpc) is 1.87. The minimum atomic E-state index is 0.630. The first kappa shape index (κ1) is 8.03. The van der Waals surface area contributed by atoms with Gasteiger partial charge in [0.25, 0.3) is 0 Å². The Morgan fingerprint density at radius 3 is 2.44 bits per heavy atom. The highest BCUT2D eigenvalue weighted by Crippen LogP contribution is 2.01. The van der Waals surface area contributed by atoms with E-state index in [2.05, 4.69) is 0 Å². The van der Waals surface area contributed by atoms with Crippen LogP contribution in [-0.2, 0) is 4.74 Å². The summed E-state index contributed by atoms with van der Waals surface area (Å²) in [6.07, 6.45) is 0. The highest BCUT2D eigenvalue weighted by atomic mass is 16.5. The average molecular weight is 125 g/mol. The second-order valence-corrected chi connectivity index (χ2v) is 1.73. The van der Waals surface area contributed by atoms with E-state index < -0.39 is 0 Å². The summed E-state index contributed by atoms with van der Waals surface area (Å²) in [4.78, 5) is 0. The first-order valence-electron chi connectivity index (χ1n) is 2.92. The van der Waals surface area contributed by atoms with Crippen molar-refractivity contribution in [1.29, 1.82) is 5.26 Å². The summed E-state index contributed by atoms with van der Waals surface area (Å²) in [6.45, 7) is 6.06. The van der Waals surface area contributed by atoms with E-state index in [0.29, 0.717) is 12.2 Å². The van der Waals surface area contributed by atoms with E-state index in [9.17, 15) is 0 Å². The van der Waals surface area contributed by atoms with Gasteiger partial charge >= 0.3 is 0 Å². The molecular weight excluding hydrogens is 114 g/mol. The first-order chi connectivity index (χ1) is 4.22. The number of hydrogen-bond donors (Lipinski definition) is 0. The van der Waals surface area contributed by atoms with Crippen LogP contribution in [0.5, 0.6) is 0 Å². The molecule has 2 nitrogen and oxygen atoms in total. The molecular formula is C7H11NO. The Morgan fingerprint density at radius 1 is 1.56 bits per heavy atom. The molecule has 0 aliphatic rings. The second kappa shape index (κ2) is 3.96. The van der Waals surface area contributed by atoms with Gasteiger partial charge in [0.15, 0.2) is 0 Å². The van der Waals surface area contributed by atoms with Gasteiger partial charge in [0.05, 0.1) is 18.2 Å². The van der Waals surface area contributed by atoms with Gasteiger partial charge in [0, 0.05) is 0 Å². The summed E-state index contributed by atoms with van der Waals surface area (Å²) in [5, 5.41) is 8.34. The molecule has 0 amide bonds. The molecule has 0 aromatic carbocycles. The van der Waals surface area contributed by atoms with Crippen LogP contribution in [0.3, 0.4) is 0 Å². The molecule has 0 rings (SSSR count). The summed E-state index contributed by atoms with van der Waals surface area (Å²) >= 11 is 0. The molecule has 0 saturated heterocycles. The minimum Gasteiger partial charge on any atom is -0.498 e. The van der Waals surface area contributed by atoms with Crippen molar-refractivity contribution in [2.45, 2.75) is 20.8 Å². The number of ether oxygens (including phenoxy) is 1. The fourth-order valence-electron chi connectivity index (χ4n) is 0.403. The maximum absolute atomic E-state index is 8.34. The molecule has 0 aliphatic heterocycles. The maximum Gasteiger partial charge on any atom is 0.106 e. The van der Waals surface area contributed by atoms with Gasteiger partial charge in [-0.1, -0.05) is 0 Å². The van der Waals surface area contributed by atoms with Gasteiger partial charge in [-0.25, -0.2) is 0 Å². The fraction of sp³-hybridized carbons (Fsp3) is 0.571. The fourth-order valence-corrected chi connectivity index (χ4v) is 0.403. The zero-order valence-electron chi connectivity index (χ0n) is 6.06. The van der Waals surface area contributed by atoms with Crippen molar-refractivity contribution in [2.75, 3.05) is 6.61 Å². The summed E-state index contributed by atoms with van der Waals surface area (Å²) in [5.41, 5.74) is 0.650. The molecule has 9 heavy (non-hydrogen) atoms. The Hall–Kier alpha value is -0.970. The first-order valence-corrected chi connectivity index (χ1v) is 2.92. The minimum absolute atomic E-state index is 0.630. The molecule has 0 radical (unpaired) electrons. The number of nitrogens with zero attached hydrogens (tertiary/aromatic N) is 1. The molecule has 0 aromatic rings. The third-order valence-corrected chi connectivity index (χ3v) is 1.06. The molecule has 50 valence electrons. The van der Waals surface area contributed by atoms with Crippen LogP contribution in [0, 0.1) is 11.3 Å². The van der Waals surface area contributed by atoms with Crippen molar-refractivity contribution in [3.8, 4) is 6.07 Å². The molecule has 0 bridgehead atoms. The van der Waals surface area contributed by atoms with E-state index in [1.165, 1.54) is 0 Å². The number of hydrogen-bond acceptors (Lipinski definition) is 2. The molecule has 0 fully saturated rings. The lowest BCUT2D eigenvalue weighted by Crippen LogP contribution is -1.88.